The summed E-state index contributed by atoms with van der Waals surface area (Å²) in [4.78, 5) is 31.5. The first-order valence-electron chi connectivity index (χ1n) is 6.96. The van der Waals surface area contributed by atoms with Gasteiger partial charge in [-0.25, -0.2) is 14.8 Å². The molecule has 1 aliphatic carbocycles. The Bertz CT molecular complexity index is 716. The van der Waals surface area contributed by atoms with Crippen LogP contribution >= 0.6 is 0 Å². The summed E-state index contributed by atoms with van der Waals surface area (Å²) >= 11 is 0. The molecular weight excluding hydrogens is 282 g/mol. The van der Waals surface area contributed by atoms with Gasteiger partial charge in [-0.3, -0.25) is 4.79 Å². The molecule has 0 radical (unpaired) electrons. The van der Waals surface area contributed by atoms with Crippen LogP contribution in [0.25, 0.3) is 0 Å². The molecule has 1 atom stereocenters. The van der Waals surface area contributed by atoms with Crippen LogP contribution in [0.2, 0.25) is 0 Å². The van der Waals surface area contributed by atoms with Crippen LogP contribution in [0.3, 0.4) is 0 Å². The van der Waals surface area contributed by atoms with Crippen molar-refractivity contribution in [3.05, 3.63) is 59.2 Å². The van der Waals surface area contributed by atoms with Gasteiger partial charge in [0.05, 0.1) is 24.3 Å². The van der Waals surface area contributed by atoms with Crippen LogP contribution in [-0.4, -0.2) is 29.0 Å². The molecule has 1 aliphatic rings. The molecule has 22 heavy (non-hydrogen) atoms. The predicted octanol–water partition coefficient (Wildman–Crippen LogP) is 1.68. The monoisotopic (exact) mass is 297 g/mol. The molecule has 1 aromatic carbocycles. The second-order valence-electron chi connectivity index (χ2n) is 5.10. The van der Waals surface area contributed by atoms with Gasteiger partial charge in [0.1, 0.15) is 6.33 Å². The number of benzene rings is 1. The molecule has 1 heterocycles. The Morgan fingerprint density at radius 3 is 2.73 bits per heavy atom. The van der Waals surface area contributed by atoms with E-state index in [4.69, 9.17) is 4.74 Å². The van der Waals surface area contributed by atoms with Crippen molar-refractivity contribution in [2.75, 3.05) is 7.11 Å². The summed E-state index contributed by atoms with van der Waals surface area (Å²) in [6.45, 7) is 0. The van der Waals surface area contributed by atoms with Crippen molar-refractivity contribution in [1.82, 2.24) is 15.3 Å². The van der Waals surface area contributed by atoms with E-state index in [0.29, 0.717) is 11.1 Å². The molecule has 112 valence electrons. The fraction of sp³-hybridized carbons (Fsp3) is 0.250. The highest BCUT2D eigenvalue weighted by Crippen LogP contribution is 2.32. The van der Waals surface area contributed by atoms with Crippen molar-refractivity contribution in [2.24, 2.45) is 0 Å². The molecule has 0 saturated carbocycles. The summed E-state index contributed by atoms with van der Waals surface area (Å²) in [6.07, 6.45) is 6.00. The molecule has 6 nitrogen and oxygen atoms in total. The van der Waals surface area contributed by atoms with E-state index in [9.17, 15) is 9.59 Å². The number of fused-ring (bicyclic) bond motifs is 1. The lowest BCUT2D eigenvalue weighted by Crippen LogP contribution is -2.27. The number of ether oxygens (including phenoxy) is 1. The molecule has 3 rings (SSSR count). The quantitative estimate of drug-likeness (QED) is 0.872. The summed E-state index contributed by atoms with van der Waals surface area (Å²) in [5.74, 6) is -0.599. The van der Waals surface area contributed by atoms with Crippen LogP contribution in [0.4, 0.5) is 0 Å². The fourth-order valence-electron chi connectivity index (χ4n) is 2.65. The number of aromatic nitrogens is 2. The minimum atomic E-state index is -0.378. The van der Waals surface area contributed by atoms with Crippen LogP contribution < -0.4 is 5.32 Å². The van der Waals surface area contributed by atoms with E-state index in [2.05, 4.69) is 15.3 Å². The SMILES string of the molecule is COC(=O)c1ccc2c(c1)C(NC(=O)c1cncnc1)CC2. The number of nitrogens with one attached hydrogen (secondary N) is 1. The third-order valence-corrected chi connectivity index (χ3v) is 3.77. The smallest absolute Gasteiger partial charge is 0.337 e. The second-order valence-corrected chi connectivity index (χ2v) is 5.10. The summed E-state index contributed by atoms with van der Waals surface area (Å²) in [6, 6.07) is 5.34. The van der Waals surface area contributed by atoms with Crippen LogP contribution in [0.1, 0.15) is 44.3 Å². The predicted molar refractivity (Wildman–Crippen MR) is 78.3 cm³/mol. The highest BCUT2D eigenvalue weighted by molar-refractivity contribution is 5.94. The van der Waals surface area contributed by atoms with E-state index in [1.165, 1.54) is 25.8 Å². The third-order valence-electron chi connectivity index (χ3n) is 3.77. The minimum Gasteiger partial charge on any atom is -0.465 e. The highest BCUT2D eigenvalue weighted by Gasteiger charge is 2.25. The molecule has 6 heteroatoms. The molecule has 1 aromatic heterocycles. The van der Waals surface area contributed by atoms with Crippen molar-refractivity contribution in [1.29, 1.82) is 0 Å². The zero-order valence-corrected chi connectivity index (χ0v) is 12.1. The Morgan fingerprint density at radius 2 is 2.00 bits per heavy atom. The zero-order chi connectivity index (χ0) is 15.5. The first kappa shape index (κ1) is 14.2. The standard InChI is InChI=1S/C16H15N3O3/c1-22-16(21)11-3-2-10-4-5-14(13(10)6-11)19-15(20)12-7-17-9-18-8-12/h2-3,6-9,14H,4-5H2,1H3,(H,19,20). The molecule has 1 N–H and O–H groups in total. The van der Waals surface area contributed by atoms with Crippen LogP contribution in [-0.2, 0) is 11.2 Å². The lowest BCUT2D eigenvalue weighted by molar-refractivity contribution is 0.0600. The normalized spacial score (nSPS) is 16.0. The van der Waals surface area contributed by atoms with Gasteiger partial charge in [-0.05, 0) is 36.1 Å². The number of rotatable bonds is 3. The molecule has 1 unspecified atom stereocenters. The summed E-state index contributed by atoms with van der Waals surface area (Å²) in [7, 11) is 1.35. The average Bonchev–Trinajstić information content (AvgIpc) is 2.97. The molecule has 0 spiro atoms. The van der Waals surface area contributed by atoms with Crippen molar-refractivity contribution in [2.45, 2.75) is 18.9 Å². The fourth-order valence-corrected chi connectivity index (χ4v) is 2.65. The van der Waals surface area contributed by atoms with Crippen molar-refractivity contribution >= 4 is 11.9 Å². The Hall–Kier alpha value is -2.76. The van der Waals surface area contributed by atoms with E-state index < -0.39 is 0 Å². The van der Waals surface area contributed by atoms with Crippen LogP contribution in [0.15, 0.2) is 36.9 Å². The second kappa shape index (κ2) is 5.93. The molecule has 0 aliphatic heterocycles. The molecular formula is C16H15N3O3. The van der Waals surface area contributed by atoms with E-state index in [1.807, 2.05) is 6.07 Å². The average molecular weight is 297 g/mol. The number of aryl methyl sites for hydroxylation is 1. The third kappa shape index (κ3) is 2.67. The minimum absolute atomic E-state index is 0.118. The van der Waals surface area contributed by atoms with Gasteiger partial charge in [0.15, 0.2) is 0 Å². The van der Waals surface area contributed by atoms with Gasteiger partial charge in [-0.2, -0.15) is 0 Å². The van der Waals surface area contributed by atoms with Gasteiger partial charge in [0.2, 0.25) is 0 Å². The van der Waals surface area contributed by atoms with E-state index >= 15 is 0 Å². The maximum Gasteiger partial charge on any atom is 0.337 e. The molecule has 0 bridgehead atoms. The van der Waals surface area contributed by atoms with Gasteiger partial charge in [0, 0.05) is 12.4 Å². The maximum absolute atomic E-state index is 12.2. The number of methoxy groups -OCH3 is 1. The molecule has 1 amide bonds. The van der Waals surface area contributed by atoms with E-state index in [0.717, 1.165) is 24.0 Å². The van der Waals surface area contributed by atoms with E-state index in [1.54, 1.807) is 12.1 Å². The zero-order valence-electron chi connectivity index (χ0n) is 12.1. The van der Waals surface area contributed by atoms with Gasteiger partial charge < -0.3 is 10.1 Å². The largest absolute Gasteiger partial charge is 0.465 e. The van der Waals surface area contributed by atoms with Crippen LogP contribution in [0, 0.1) is 0 Å². The van der Waals surface area contributed by atoms with Crippen molar-refractivity contribution < 1.29 is 14.3 Å². The highest BCUT2D eigenvalue weighted by atomic mass is 16.5. The van der Waals surface area contributed by atoms with E-state index in [-0.39, 0.29) is 17.9 Å². The maximum atomic E-state index is 12.2. The summed E-state index contributed by atoms with van der Waals surface area (Å²) < 4.78 is 4.74. The Kier molecular flexibility index (Phi) is 3.82. The number of carbonyl (C=O) groups excluding carboxylic acids is 2. The lowest BCUT2D eigenvalue weighted by atomic mass is 10.0. The van der Waals surface area contributed by atoms with Crippen LogP contribution in [0.5, 0.6) is 0 Å². The number of esters is 1. The van der Waals surface area contributed by atoms with Crippen molar-refractivity contribution in [3.8, 4) is 0 Å². The van der Waals surface area contributed by atoms with Crippen molar-refractivity contribution in [3.63, 3.8) is 0 Å². The number of hydrogen-bond donors (Lipinski definition) is 1. The Morgan fingerprint density at radius 1 is 1.23 bits per heavy atom. The van der Waals surface area contributed by atoms with Gasteiger partial charge >= 0.3 is 5.97 Å². The molecule has 2 aromatic rings. The number of amides is 1. The molecule has 0 saturated heterocycles. The summed E-state index contributed by atoms with van der Waals surface area (Å²) in [5.41, 5.74) is 3.01. The van der Waals surface area contributed by atoms with Gasteiger partial charge in [-0.15, -0.1) is 0 Å². The summed E-state index contributed by atoms with van der Waals surface area (Å²) in [5, 5.41) is 2.96. The first-order chi connectivity index (χ1) is 10.7. The van der Waals surface area contributed by atoms with Gasteiger partial charge in [-0.1, -0.05) is 6.07 Å². The number of nitrogens with zero attached hydrogens (tertiary/aromatic N) is 2. The Labute approximate surface area is 127 Å². The Balaban J connectivity index is 1.81. The molecule has 0 fully saturated rings. The lowest BCUT2D eigenvalue weighted by Gasteiger charge is -2.14. The number of carbonyl (C=O) groups is 2. The number of hydrogen-bond acceptors (Lipinski definition) is 5. The van der Waals surface area contributed by atoms with Gasteiger partial charge in [0.25, 0.3) is 5.91 Å². The first-order valence-corrected chi connectivity index (χ1v) is 6.96. The topological polar surface area (TPSA) is 81.2 Å².